The average Bonchev–Trinajstić information content (AvgIpc) is 1.64. The number of piperazine rings is 1. The van der Waals surface area contributed by atoms with Gasteiger partial charge in [0.2, 0.25) is 5.91 Å². The standard InChI is InChI=1S/C32H34N6O4.C31H32N6O3.C27H26N4O3/c33-20-24-19-23(5-8-28(24)42-26-10-15-38(16-11-26)29(40)21-39)30-31-27(9-12-34-30)35-32(36-31)22-3-6-25(7-4-22)41-18-17-37-13-1-2-14-37;32-18-23-17-22(3-6-28(23)40-26-8-15-38-16-9-26)29-30-27(7-10-33-29)34-31(35-30)21-1-4-24(5-2-21)36-11-13-37(14-12-36)25-19-39-20-25;1-27(2,32)20-6-3-17(4-7-20)26-30-22-9-12-29-24(25(22)31-26)18-5-8-23(19(15-18)16-28)34-21-10-13-33-14-11-21/h3-9,12,19,26,39H,1-2,10-11,13-18,21H2,(H,35,36);1-7,10,17,25-26H,8-9,11-16,19-20H2,(H,34,35);3-9,12,15,21,32H,10-11,13-14H2,1-2H3,(H,30,31). The molecule has 18 rings (SSSR count). The van der Waals surface area contributed by atoms with Crippen LogP contribution in [-0.2, 0) is 24.6 Å². The molecule has 6 aliphatic heterocycles. The number of nitrogens with zero attached hydrogens (tertiary/aromatic N) is 13. The number of H-pyrrole nitrogens is 3. The number of aromatic amines is 3. The molecule has 0 unspecified atom stereocenters. The fourth-order valence-corrected chi connectivity index (χ4v) is 15.6. The summed E-state index contributed by atoms with van der Waals surface area (Å²) < 4.78 is 40.5. The van der Waals surface area contributed by atoms with Crippen molar-refractivity contribution in [1.29, 1.82) is 15.8 Å². The number of hydrogen-bond donors (Lipinski definition) is 5. The number of ether oxygens (including phenoxy) is 7. The summed E-state index contributed by atoms with van der Waals surface area (Å²) in [7, 11) is 0. The number of imidazole rings is 3. The van der Waals surface area contributed by atoms with Gasteiger partial charge < -0.3 is 68.1 Å². The number of amides is 1. The summed E-state index contributed by atoms with van der Waals surface area (Å²) in [6.45, 7) is 16.7. The van der Waals surface area contributed by atoms with E-state index in [-0.39, 0.29) is 24.2 Å². The summed E-state index contributed by atoms with van der Waals surface area (Å²) in [5.41, 5.74) is 14.8. The molecule has 26 heteroatoms. The fraction of sp³-hybridized carbons (Fsp3) is 0.356. The third-order valence-corrected chi connectivity index (χ3v) is 22.3. The van der Waals surface area contributed by atoms with Crippen molar-refractivity contribution in [3.63, 3.8) is 0 Å². The van der Waals surface area contributed by atoms with E-state index in [4.69, 9.17) is 53.2 Å². The minimum absolute atomic E-state index is 0.0601. The van der Waals surface area contributed by atoms with Crippen molar-refractivity contribution in [2.45, 2.75) is 95.2 Å². The maximum absolute atomic E-state index is 11.7. The van der Waals surface area contributed by atoms with E-state index in [0.717, 1.165) is 180 Å². The summed E-state index contributed by atoms with van der Waals surface area (Å²) in [6.07, 6.45) is 12.4. The Morgan fingerprint density at radius 3 is 1.30 bits per heavy atom. The van der Waals surface area contributed by atoms with Gasteiger partial charge in [-0.05, 0) is 167 Å². The van der Waals surface area contributed by atoms with Crippen molar-refractivity contribution < 1.29 is 48.2 Å². The summed E-state index contributed by atoms with van der Waals surface area (Å²) in [5.74, 6) is 4.50. The zero-order chi connectivity index (χ0) is 79.5. The number of nitriles is 3. The van der Waals surface area contributed by atoms with Gasteiger partial charge in [0, 0.05) is 142 Å². The molecule has 6 aliphatic rings. The number of aromatic nitrogens is 9. The SMILES string of the molecule is CC(C)(O)c1ccc(-c2nc3c(-c4ccc(OC5CCOCC5)c(C#N)c4)nccc3[nH]2)cc1.N#Cc1cc(-c2nccc3[nH]c(-c4ccc(N5CCN(C6COC6)CC5)cc4)nc23)ccc1OC1CCOCC1.N#Cc1cc(-c2nccc3[nH]c(-c4ccc(OCCN5CCCC5)cc4)nc23)ccc1OC1CCN(C(=O)CO)CC1. The van der Waals surface area contributed by atoms with Gasteiger partial charge in [-0.15, -0.1) is 0 Å². The molecule has 0 spiro atoms. The van der Waals surface area contributed by atoms with E-state index in [1.807, 2.05) is 109 Å². The Bertz CT molecular complexity index is 5550. The molecule has 12 aromatic rings. The van der Waals surface area contributed by atoms with Gasteiger partial charge in [0.15, 0.2) is 0 Å². The molecule has 0 bridgehead atoms. The lowest BCUT2D eigenvalue weighted by molar-refractivity contribution is -0.135. The molecule has 592 valence electrons. The van der Waals surface area contributed by atoms with Crippen LogP contribution in [0.4, 0.5) is 5.69 Å². The second kappa shape index (κ2) is 35.7. The topological polar surface area (TPSA) is 331 Å². The molecule has 0 atom stereocenters. The number of anilines is 1. The number of rotatable bonds is 20. The molecule has 0 saturated carbocycles. The maximum atomic E-state index is 11.7. The van der Waals surface area contributed by atoms with E-state index in [2.05, 4.69) is 87.1 Å². The van der Waals surface area contributed by atoms with Crippen molar-refractivity contribution in [2.24, 2.45) is 0 Å². The number of carbonyl (C=O) groups is 1. The molecule has 6 aromatic heterocycles. The van der Waals surface area contributed by atoms with E-state index in [9.17, 15) is 25.7 Å². The number of nitrogens with one attached hydrogen (secondary N) is 3. The number of fused-ring (bicyclic) bond motifs is 3. The number of aliphatic hydroxyl groups is 2. The lowest BCUT2D eigenvalue weighted by atomic mass is 9.97. The van der Waals surface area contributed by atoms with Gasteiger partial charge in [-0.1, -0.05) is 24.3 Å². The molecule has 26 nitrogen and oxygen atoms in total. The quantitative estimate of drug-likeness (QED) is 0.0473. The van der Waals surface area contributed by atoms with Crippen molar-refractivity contribution >= 4 is 44.7 Å². The largest absolute Gasteiger partial charge is 0.492 e. The number of aliphatic hydroxyl groups excluding tert-OH is 1. The molecular weight excluding hydrogens is 1470 g/mol. The van der Waals surface area contributed by atoms with Gasteiger partial charge in [0.1, 0.15) is 107 Å². The first-order valence-electron chi connectivity index (χ1n) is 40.0. The van der Waals surface area contributed by atoms with Crippen molar-refractivity contribution in [2.75, 3.05) is 117 Å². The van der Waals surface area contributed by atoms with Crippen LogP contribution in [0, 0.1) is 34.0 Å². The third-order valence-electron chi connectivity index (χ3n) is 22.3. The average molecular weight is 1560 g/mol. The molecule has 5 N–H and O–H groups in total. The smallest absolute Gasteiger partial charge is 0.248 e. The number of piperidine rings is 1. The molecule has 12 heterocycles. The number of pyridine rings is 3. The fourth-order valence-electron chi connectivity index (χ4n) is 15.6. The molecule has 6 saturated heterocycles. The van der Waals surface area contributed by atoms with Crippen LogP contribution in [-0.4, -0.2) is 212 Å². The van der Waals surface area contributed by atoms with Crippen LogP contribution in [0.1, 0.15) is 87.5 Å². The number of likely N-dealkylation sites (tertiary alicyclic amines) is 2. The number of benzene rings is 6. The summed E-state index contributed by atoms with van der Waals surface area (Å²) in [4.78, 5) is 59.5. The predicted molar refractivity (Wildman–Crippen MR) is 439 cm³/mol. The molecular formula is C90H92N16O10. The second-order valence-corrected chi connectivity index (χ2v) is 30.4. The first kappa shape index (κ1) is 77.8. The Hall–Kier alpha value is -12.2. The van der Waals surface area contributed by atoms with Gasteiger partial charge in [0.05, 0.1) is 102 Å². The molecule has 0 aliphatic carbocycles. The molecule has 6 aromatic carbocycles. The van der Waals surface area contributed by atoms with Crippen LogP contribution in [0.3, 0.4) is 0 Å². The first-order chi connectivity index (χ1) is 56.8. The Kier molecular flexibility index (Phi) is 23.9. The first-order valence-corrected chi connectivity index (χ1v) is 40.0. The third kappa shape index (κ3) is 18.0. The van der Waals surface area contributed by atoms with E-state index in [1.165, 1.54) is 18.5 Å². The van der Waals surface area contributed by atoms with Crippen LogP contribution >= 0.6 is 0 Å². The predicted octanol–water partition coefficient (Wildman–Crippen LogP) is 13.2. The number of hydrogen-bond acceptors (Lipinski definition) is 22. The van der Waals surface area contributed by atoms with Gasteiger partial charge in [-0.2, -0.15) is 15.8 Å². The Morgan fingerprint density at radius 1 is 0.500 bits per heavy atom. The van der Waals surface area contributed by atoms with Crippen LogP contribution < -0.4 is 23.8 Å². The van der Waals surface area contributed by atoms with Gasteiger partial charge in [0.25, 0.3) is 0 Å². The monoisotopic (exact) mass is 1560 g/mol. The Balaban J connectivity index is 0.000000131. The highest BCUT2D eigenvalue weighted by atomic mass is 16.5. The van der Waals surface area contributed by atoms with Gasteiger partial charge in [-0.25, -0.2) is 15.0 Å². The van der Waals surface area contributed by atoms with Crippen LogP contribution in [0.2, 0.25) is 0 Å². The highest BCUT2D eigenvalue weighted by Gasteiger charge is 2.31. The normalized spacial score (nSPS) is 16.7. The van der Waals surface area contributed by atoms with Crippen LogP contribution in [0.15, 0.2) is 164 Å². The highest BCUT2D eigenvalue weighted by molar-refractivity contribution is 5.94. The molecule has 0 radical (unpaired) electrons. The van der Waals surface area contributed by atoms with Crippen LogP contribution in [0.25, 0.3) is 101 Å². The van der Waals surface area contributed by atoms with Crippen molar-refractivity contribution in [1.82, 2.24) is 59.6 Å². The van der Waals surface area contributed by atoms with E-state index < -0.39 is 12.2 Å². The van der Waals surface area contributed by atoms with Crippen molar-refractivity contribution in [3.05, 3.63) is 186 Å². The second-order valence-electron chi connectivity index (χ2n) is 30.4. The minimum Gasteiger partial charge on any atom is -0.492 e. The summed E-state index contributed by atoms with van der Waals surface area (Å²) >= 11 is 0. The van der Waals surface area contributed by atoms with E-state index in [0.29, 0.717) is 116 Å². The Labute approximate surface area is 672 Å². The van der Waals surface area contributed by atoms with Gasteiger partial charge in [-0.3, -0.25) is 29.5 Å². The summed E-state index contributed by atoms with van der Waals surface area (Å²) in [5, 5.41) is 48.8. The number of carbonyl (C=O) groups excluding carboxylic acids is 1. The lowest BCUT2D eigenvalue weighted by Crippen LogP contribution is -2.56. The van der Waals surface area contributed by atoms with Gasteiger partial charge >= 0.3 is 0 Å². The van der Waals surface area contributed by atoms with E-state index >= 15 is 0 Å². The van der Waals surface area contributed by atoms with Crippen LogP contribution in [0.5, 0.6) is 23.0 Å². The Morgan fingerprint density at radius 2 is 0.905 bits per heavy atom. The summed E-state index contributed by atoms with van der Waals surface area (Å²) in [6, 6.07) is 54.1. The van der Waals surface area contributed by atoms with E-state index in [1.54, 1.807) is 49.5 Å². The zero-order valence-electron chi connectivity index (χ0n) is 65.0. The lowest BCUT2D eigenvalue weighted by Gasteiger charge is -2.43. The molecule has 6 fully saturated rings. The van der Waals surface area contributed by atoms with Crippen molar-refractivity contribution in [3.8, 4) is 109 Å². The molecule has 1 amide bonds. The molecule has 116 heavy (non-hydrogen) atoms. The zero-order valence-corrected chi connectivity index (χ0v) is 65.0. The minimum atomic E-state index is -0.900. The highest BCUT2D eigenvalue weighted by Crippen LogP contribution is 2.38. The maximum Gasteiger partial charge on any atom is 0.248 e.